The van der Waals surface area contributed by atoms with E-state index in [0.29, 0.717) is 49.6 Å². The first kappa shape index (κ1) is 22.3. The number of pyridine rings is 1. The molecular formula is C24H23ClN6O2. The van der Waals surface area contributed by atoms with Gasteiger partial charge in [-0.1, -0.05) is 42.5 Å². The number of rotatable bonds is 3. The zero-order chi connectivity index (χ0) is 21.9. The molecule has 9 heteroatoms. The third-order valence-electron chi connectivity index (χ3n) is 5.46. The highest BCUT2D eigenvalue weighted by Crippen LogP contribution is 2.24. The van der Waals surface area contributed by atoms with Crippen molar-refractivity contribution in [1.29, 1.82) is 0 Å². The Morgan fingerprint density at radius 3 is 2.55 bits per heavy atom. The van der Waals surface area contributed by atoms with Gasteiger partial charge >= 0.3 is 5.97 Å². The quantitative estimate of drug-likeness (QED) is 0.278. The van der Waals surface area contributed by atoms with Crippen molar-refractivity contribution >= 4 is 46.8 Å². The lowest BCUT2D eigenvalue weighted by atomic mass is 10.0. The Labute approximate surface area is 197 Å². The van der Waals surface area contributed by atoms with Crippen LogP contribution in [0.1, 0.15) is 5.56 Å². The van der Waals surface area contributed by atoms with Crippen molar-refractivity contribution in [3.8, 4) is 0 Å². The van der Waals surface area contributed by atoms with Gasteiger partial charge in [0.05, 0.1) is 0 Å². The summed E-state index contributed by atoms with van der Waals surface area (Å²) >= 11 is 0. The molecule has 0 amide bonds. The second-order valence-corrected chi connectivity index (χ2v) is 7.53. The fraction of sp³-hybridized carbons (Fsp3) is 0.167. The average Bonchev–Trinajstić information content (AvgIpc) is 3.19. The summed E-state index contributed by atoms with van der Waals surface area (Å²) in [6.07, 6.45) is 3.45. The lowest BCUT2D eigenvalue weighted by molar-refractivity contribution is -0.130. The molecule has 1 aromatic heterocycles. The number of aliphatic imine (C=N–C) groups is 2. The number of carbonyl (C=O) groups is 1. The monoisotopic (exact) mass is 462 g/mol. The number of carbonyl (C=O) groups excluding carboxylic acids is 1. The number of nitrogens with zero attached hydrogens (tertiary/aromatic N) is 5. The number of fused-ring (bicyclic) bond motifs is 1. The predicted molar refractivity (Wildman–Crippen MR) is 131 cm³/mol. The third-order valence-corrected chi connectivity index (χ3v) is 5.46. The number of aromatic nitrogens is 1. The Balaban J connectivity index is 0.00000259. The average molecular weight is 463 g/mol. The number of guanidine groups is 1. The summed E-state index contributed by atoms with van der Waals surface area (Å²) in [7, 11) is 0. The second kappa shape index (κ2) is 9.70. The van der Waals surface area contributed by atoms with Crippen LogP contribution in [0, 0.1) is 0 Å². The number of piperazine rings is 1. The van der Waals surface area contributed by atoms with Crippen molar-refractivity contribution in [1.82, 2.24) is 14.8 Å². The normalized spacial score (nSPS) is 17.7. The van der Waals surface area contributed by atoms with Crippen molar-refractivity contribution < 1.29 is 9.53 Å². The van der Waals surface area contributed by atoms with Crippen molar-refractivity contribution in [2.24, 2.45) is 15.7 Å². The van der Waals surface area contributed by atoms with Gasteiger partial charge in [-0.05, 0) is 29.0 Å². The minimum Gasteiger partial charge on any atom is -0.402 e. The van der Waals surface area contributed by atoms with Gasteiger partial charge in [-0.15, -0.1) is 12.4 Å². The summed E-state index contributed by atoms with van der Waals surface area (Å²) < 4.78 is 5.50. The molecule has 5 rings (SSSR count). The van der Waals surface area contributed by atoms with Crippen LogP contribution in [0.25, 0.3) is 10.8 Å². The van der Waals surface area contributed by atoms with E-state index >= 15 is 0 Å². The second-order valence-electron chi connectivity index (χ2n) is 7.53. The fourth-order valence-corrected chi connectivity index (χ4v) is 3.79. The molecule has 0 spiro atoms. The first-order valence-corrected chi connectivity index (χ1v) is 10.4. The van der Waals surface area contributed by atoms with Crippen LogP contribution in [-0.4, -0.2) is 58.8 Å². The van der Waals surface area contributed by atoms with Crippen LogP contribution in [-0.2, 0) is 9.53 Å². The molecule has 2 N–H and O–H groups in total. The van der Waals surface area contributed by atoms with Crippen molar-refractivity contribution in [3.05, 3.63) is 84.3 Å². The van der Waals surface area contributed by atoms with Crippen LogP contribution in [0.15, 0.2) is 88.7 Å². The molecule has 2 aliphatic heterocycles. The highest BCUT2D eigenvalue weighted by Gasteiger charge is 2.27. The fourth-order valence-electron chi connectivity index (χ4n) is 3.79. The van der Waals surface area contributed by atoms with Gasteiger partial charge in [0.25, 0.3) is 0 Å². The summed E-state index contributed by atoms with van der Waals surface area (Å²) in [4.78, 5) is 29.5. The van der Waals surface area contributed by atoms with Gasteiger partial charge in [0, 0.05) is 44.1 Å². The molecule has 2 aliphatic rings. The van der Waals surface area contributed by atoms with E-state index in [1.54, 1.807) is 12.4 Å². The highest BCUT2D eigenvalue weighted by atomic mass is 35.5. The van der Waals surface area contributed by atoms with E-state index in [4.69, 9.17) is 10.5 Å². The Kier molecular flexibility index (Phi) is 6.55. The summed E-state index contributed by atoms with van der Waals surface area (Å²) in [6.45, 7) is 2.74. The maximum absolute atomic E-state index is 12.5. The van der Waals surface area contributed by atoms with Crippen molar-refractivity contribution in [3.63, 3.8) is 0 Å². The first-order valence-electron chi connectivity index (χ1n) is 10.4. The number of hydrogen-bond acceptors (Lipinski definition) is 6. The number of cyclic esters (lactones) is 1. The smallest absolute Gasteiger partial charge is 0.365 e. The van der Waals surface area contributed by atoms with Crippen molar-refractivity contribution in [2.45, 2.75) is 0 Å². The Morgan fingerprint density at radius 1 is 1.00 bits per heavy atom. The molecule has 0 bridgehead atoms. The van der Waals surface area contributed by atoms with Gasteiger partial charge < -0.3 is 20.3 Å². The molecular weight excluding hydrogens is 440 g/mol. The minimum absolute atomic E-state index is 0. The van der Waals surface area contributed by atoms with Crippen LogP contribution in [0.2, 0.25) is 0 Å². The molecule has 0 unspecified atom stereocenters. The standard InChI is InChI=1S/C24H22N6O2.ClH/c25-24(28-21-10-3-4-11-26-21)30-14-12-29(13-15-30)16-20-23(31)32-22(27-20)19-9-5-7-17-6-1-2-8-18(17)19;/h1-11,16H,12-15H2,(H2,25,26,28);1H/b20-16+;. The van der Waals surface area contributed by atoms with Gasteiger partial charge in [0.15, 0.2) is 17.5 Å². The molecule has 0 radical (unpaired) electrons. The van der Waals surface area contributed by atoms with E-state index in [2.05, 4.69) is 19.9 Å². The number of ether oxygens (including phenoxy) is 1. The number of halogens is 1. The maximum atomic E-state index is 12.5. The molecule has 0 saturated carbocycles. The number of esters is 1. The summed E-state index contributed by atoms with van der Waals surface area (Å²) in [5, 5.41) is 2.07. The molecule has 2 aromatic carbocycles. The summed E-state index contributed by atoms with van der Waals surface area (Å²) in [5.41, 5.74) is 7.26. The molecule has 3 aromatic rings. The van der Waals surface area contributed by atoms with Gasteiger partial charge in [-0.2, -0.15) is 4.99 Å². The molecule has 3 heterocycles. The molecule has 8 nitrogen and oxygen atoms in total. The predicted octanol–water partition coefficient (Wildman–Crippen LogP) is 3.07. The van der Waals surface area contributed by atoms with E-state index in [9.17, 15) is 4.79 Å². The number of hydrogen-bond donors (Lipinski definition) is 1. The minimum atomic E-state index is -0.438. The van der Waals surface area contributed by atoms with E-state index in [0.717, 1.165) is 16.3 Å². The Hall–Kier alpha value is -3.91. The largest absolute Gasteiger partial charge is 0.402 e. The van der Waals surface area contributed by atoms with Gasteiger partial charge in [-0.3, -0.25) is 0 Å². The number of benzene rings is 2. The third kappa shape index (κ3) is 4.80. The SMILES string of the molecule is Cl.N/C(=N/c1ccccn1)N1CCN(/C=C2/N=C(c3cccc4ccccc34)OC2=O)CC1. The van der Waals surface area contributed by atoms with Crippen LogP contribution in [0.5, 0.6) is 0 Å². The summed E-state index contributed by atoms with van der Waals surface area (Å²) in [5.74, 6) is 0.918. The van der Waals surface area contributed by atoms with Crippen LogP contribution >= 0.6 is 12.4 Å². The van der Waals surface area contributed by atoms with Gasteiger partial charge in [-0.25, -0.2) is 14.8 Å². The van der Waals surface area contributed by atoms with E-state index in [1.165, 1.54) is 0 Å². The number of nitrogens with two attached hydrogens (primary N) is 1. The molecule has 0 atom stereocenters. The van der Waals surface area contributed by atoms with Crippen LogP contribution in [0.4, 0.5) is 5.82 Å². The van der Waals surface area contributed by atoms with E-state index < -0.39 is 5.97 Å². The lowest BCUT2D eigenvalue weighted by Crippen LogP contribution is -2.49. The molecule has 1 fully saturated rings. The first-order chi connectivity index (χ1) is 15.7. The van der Waals surface area contributed by atoms with Gasteiger partial charge in [0.1, 0.15) is 0 Å². The van der Waals surface area contributed by atoms with E-state index in [-0.39, 0.29) is 12.4 Å². The lowest BCUT2D eigenvalue weighted by Gasteiger charge is -2.34. The van der Waals surface area contributed by atoms with Crippen LogP contribution in [0.3, 0.4) is 0 Å². The highest BCUT2D eigenvalue weighted by molar-refractivity contribution is 6.16. The van der Waals surface area contributed by atoms with Gasteiger partial charge in [0.2, 0.25) is 5.90 Å². The topological polar surface area (TPSA) is 96.4 Å². The Bertz CT molecular complexity index is 1240. The Morgan fingerprint density at radius 2 is 1.76 bits per heavy atom. The molecule has 1 saturated heterocycles. The molecule has 168 valence electrons. The maximum Gasteiger partial charge on any atom is 0.365 e. The zero-order valence-electron chi connectivity index (χ0n) is 17.8. The summed E-state index contributed by atoms with van der Waals surface area (Å²) in [6, 6.07) is 19.4. The van der Waals surface area contributed by atoms with E-state index in [1.807, 2.05) is 65.6 Å². The zero-order valence-corrected chi connectivity index (χ0v) is 18.6. The molecule has 0 aliphatic carbocycles. The van der Waals surface area contributed by atoms with Crippen LogP contribution < -0.4 is 5.73 Å². The van der Waals surface area contributed by atoms with Crippen molar-refractivity contribution in [2.75, 3.05) is 26.2 Å². The molecule has 33 heavy (non-hydrogen) atoms.